The van der Waals surface area contributed by atoms with Gasteiger partial charge in [-0.15, -0.1) is 10.2 Å². The molecule has 4 rings (SSSR count). The van der Waals surface area contributed by atoms with Crippen molar-refractivity contribution in [3.05, 3.63) is 54.1 Å². The van der Waals surface area contributed by atoms with E-state index in [-0.39, 0.29) is 17.5 Å². The van der Waals surface area contributed by atoms with E-state index in [1.54, 1.807) is 4.40 Å². The number of hydrogen-bond acceptors (Lipinski definition) is 5. The first-order valence-corrected chi connectivity index (χ1v) is 10.4. The van der Waals surface area contributed by atoms with Crippen LogP contribution in [0.15, 0.2) is 53.7 Å². The van der Waals surface area contributed by atoms with E-state index in [4.69, 9.17) is 4.74 Å². The van der Waals surface area contributed by atoms with Crippen LogP contribution < -0.4 is 4.74 Å². The molecule has 0 unspecified atom stereocenters. The van der Waals surface area contributed by atoms with Crippen molar-refractivity contribution in [2.75, 3.05) is 12.4 Å². The Bertz CT molecular complexity index is 1220. The zero-order valence-electron chi connectivity index (χ0n) is 15.2. The van der Waals surface area contributed by atoms with E-state index in [1.165, 1.54) is 0 Å². The SMILES string of the molecule is CCn1c2ccccc2n2c(S(=O)(=O)CCOc3cccc(C)c3)nnc12. The summed E-state index contributed by atoms with van der Waals surface area (Å²) in [6.07, 6.45) is 0. The number of hydrogen-bond donors (Lipinski definition) is 0. The second-order valence-corrected chi connectivity index (χ2v) is 8.34. The first-order valence-electron chi connectivity index (χ1n) is 8.76. The lowest BCUT2D eigenvalue weighted by Crippen LogP contribution is -2.16. The highest BCUT2D eigenvalue weighted by atomic mass is 32.2. The summed E-state index contributed by atoms with van der Waals surface area (Å²) in [7, 11) is -3.66. The highest BCUT2D eigenvalue weighted by Crippen LogP contribution is 2.23. The highest BCUT2D eigenvalue weighted by Gasteiger charge is 2.25. The fourth-order valence-electron chi connectivity index (χ4n) is 3.22. The van der Waals surface area contributed by atoms with Crippen LogP contribution in [0.3, 0.4) is 0 Å². The fourth-order valence-corrected chi connectivity index (χ4v) is 4.32. The van der Waals surface area contributed by atoms with Crippen molar-refractivity contribution < 1.29 is 13.2 Å². The topological polar surface area (TPSA) is 78.5 Å². The Labute approximate surface area is 157 Å². The zero-order valence-corrected chi connectivity index (χ0v) is 16.0. The molecule has 0 aliphatic heterocycles. The van der Waals surface area contributed by atoms with Gasteiger partial charge in [0.2, 0.25) is 15.6 Å². The second kappa shape index (κ2) is 6.70. The number of fused-ring (bicyclic) bond motifs is 3. The van der Waals surface area contributed by atoms with Gasteiger partial charge in [-0.2, -0.15) is 0 Å². The van der Waals surface area contributed by atoms with Crippen LogP contribution in [0, 0.1) is 6.92 Å². The van der Waals surface area contributed by atoms with E-state index in [1.807, 2.05) is 66.9 Å². The Morgan fingerprint density at radius 3 is 2.56 bits per heavy atom. The summed E-state index contributed by atoms with van der Waals surface area (Å²) in [5, 5.41) is 8.05. The molecule has 2 heterocycles. The summed E-state index contributed by atoms with van der Waals surface area (Å²) in [6, 6.07) is 15.1. The molecule has 8 heteroatoms. The van der Waals surface area contributed by atoms with Crippen molar-refractivity contribution in [2.24, 2.45) is 0 Å². The third kappa shape index (κ3) is 3.06. The van der Waals surface area contributed by atoms with E-state index >= 15 is 0 Å². The van der Waals surface area contributed by atoms with Gasteiger partial charge < -0.3 is 9.30 Å². The molecule has 0 saturated carbocycles. The van der Waals surface area contributed by atoms with Crippen molar-refractivity contribution in [1.82, 2.24) is 19.2 Å². The van der Waals surface area contributed by atoms with E-state index < -0.39 is 9.84 Å². The molecule has 0 saturated heterocycles. The van der Waals surface area contributed by atoms with Crippen molar-refractivity contribution in [2.45, 2.75) is 25.5 Å². The van der Waals surface area contributed by atoms with Gasteiger partial charge in [0, 0.05) is 6.54 Å². The maximum atomic E-state index is 12.9. The molecule has 0 bridgehead atoms. The zero-order chi connectivity index (χ0) is 19.0. The number of nitrogens with zero attached hydrogens (tertiary/aromatic N) is 4. The molecule has 0 radical (unpaired) electrons. The van der Waals surface area contributed by atoms with Crippen LogP contribution >= 0.6 is 0 Å². The third-order valence-corrected chi connectivity index (χ3v) is 6.00. The fraction of sp³-hybridized carbons (Fsp3) is 0.263. The molecule has 0 aliphatic carbocycles. The molecular weight excluding hydrogens is 364 g/mol. The van der Waals surface area contributed by atoms with E-state index in [0.717, 1.165) is 16.6 Å². The van der Waals surface area contributed by atoms with Crippen LogP contribution in [0.1, 0.15) is 12.5 Å². The number of benzene rings is 2. The van der Waals surface area contributed by atoms with Gasteiger partial charge in [0.25, 0.3) is 5.16 Å². The third-order valence-electron chi connectivity index (χ3n) is 4.48. The quantitative estimate of drug-likeness (QED) is 0.511. The second-order valence-electron chi connectivity index (χ2n) is 6.33. The van der Waals surface area contributed by atoms with Crippen molar-refractivity contribution in [3.8, 4) is 5.75 Å². The lowest BCUT2D eigenvalue weighted by Gasteiger charge is -2.07. The lowest BCUT2D eigenvalue weighted by molar-refractivity contribution is 0.340. The van der Waals surface area contributed by atoms with Gasteiger partial charge in [-0.05, 0) is 43.7 Å². The summed E-state index contributed by atoms with van der Waals surface area (Å²) in [5.41, 5.74) is 2.76. The number of para-hydroxylation sites is 2. The Morgan fingerprint density at radius 2 is 1.81 bits per heavy atom. The van der Waals surface area contributed by atoms with Crippen LogP contribution in [-0.2, 0) is 16.4 Å². The average Bonchev–Trinajstić information content (AvgIpc) is 3.20. The molecule has 27 heavy (non-hydrogen) atoms. The molecule has 4 aromatic rings. The van der Waals surface area contributed by atoms with Crippen LogP contribution in [0.25, 0.3) is 16.8 Å². The van der Waals surface area contributed by atoms with Gasteiger partial charge in [-0.3, -0.25) is 0 Å². The van der Waals surface area contributed by atoms with Gasteiger partial charge in [-0.25, -0.2) is 12.8 Å². The number of aromatic nitrogens is 4. The summed E-state index contributed by atoms with van der Waals surface area (Å²) in [5.74, 6) is 1.00. The molecule has 0 spiro atoms. The number of ether oxygens (including phenoxy) is 1. The standard InChI is InChI=1S/C19H20N4O3S/c1-3-22-16-9-4-5-10-17(16)23-18(22)20-21-19(23)27(24,25)12-11-26-15-8-6-7-14(2)13-15/h4-10,13H,3,11-12H2,1-2H3. The Balaban J connectivity index is 1.67. The smallest absolute Gasteiger partial charge is 0.256 e. The molecule has 0 amide bonds. The predicted molar refractivity (Wildman–Crippen MR) is 103 cm³/mol. The van der Waals surface area contributed by atoms with E-state index in [2.05, 4.69) is 10.2 Å². The van der Waals surface area contributed by atoms with Gasteiger partial charge >= 0.3 is 0 Å². The minimum Gasteiger partial charge on any atom is -0.493 e. The van der Waals surface area contributed by atoms with E-state index in [9.17, 15) is 8.42 Å². The van der Waals surface area contributed by atoms with Crippen LogP contribution in [0.4, 0.5) is 0 Å². The van der Waals surface area contributed by atoms with E-state index in [0.29, 0.717) is 18.1 Å². The first-order chi connectivity index (χ1) is 13.0. The van der Waals surface area contributed by atoms with Gasteiger partial charge in [0.15, 0.2) is 0 Å². The molecule has 2 aromatic carbocycles. The highest BCUT2D eigenvalue weighted by molar-refractivity contribution is 7.91. The van der Waals surface area contributed by atoms with Crippen molar-refractivity contribution >= 4 is 26.6 Å². The van der Waals surface area contributed by atoms with Crippen molar-refractivity contribution in [3.63, 3.8) is 0 Å². The molecule has 0 atom stereocenters. The molecule has 0 fully saturated rings. The monoisotopic (exact) mass is 384 g/mol. The van der Waals surface area contributed by atoms with Gasteiger partial charge in [0.1, 0.15) is 12.4 Å². The minimum absolute atomic E-state index is 0.0475. The van der Waals surface area contributed by atoms with Crippen molar-refractivity contribution in [1.29, 1.82) is 0 Å². The maximum absolute atomic E-state index is 12.9. The molecule has 0 aliphatic rings. The normalized spacial score (nSPS) is 12.1. The summed E-state index contributed by atoms with van der Waals surface area (Å²) in [4.78, 5) is 0. The number of imidazole rings is 1. The number of rotatable bonds is 6. The predicted octanol–water partition coefficient (Wildman–Crippen LogP) is 2.87. The molecule has 7 nitrogen and oxygen atoms in total. The maximum Gasteiger partial charge on any atom is 0.256 e. The molecule has 0 N–H and O–H groups in total. The number of sulfone groups is 1. The first kappa shape index (κ1) is 17.5. The Hall–Kier alpha value is -2.87. The van der Waals surface area contributed by atoms with Crippen LogP contribution in [0.5, 0.6) is 5.75 Å². The summed E-state index contributed by atoms with van der Waals surface area (Å²) >= 11 is 0. The molecule has 140 valence electrons. The average molecular weight is 384 g/mol. The van der Waals surface area contributed by atoms with Gasteiger partial charge in [-0.1, -0.05) is 24.3 Å². The number of aryl methyl sites for hydroxylation is 2. The summed E-state index contributed by atoms with van der Waals surface area (Å²) in [6.45, 7) is 4.67. The van der Waals surface area contributed by atoms with Crippen LogP contribution in [-0.4, -0.2) is 39.9 Å². The minimum atomic E-state index is -3.66. The Kier molecular flexibility index (Phi) is 4.35. The van der Waals surface area contributed by atoms with Gasteiger partial charge in [0.05, 0.1) is 16.8 Å². The lowest BCUT2D eigenvalue weighted by atomic mass is 10.2. The molecular formula is C19H20N4O3S. The Morgan fingerprint density at radius 1 is 1.04 bits per heavy atom. The largest absolute Gasteiger partial charge is 0.493 e. The molecule has 2 aromatic heterocycles. The van der Waals surface area contributed by atoms with Crippen LogP contribution in [0.2, 0.25) is 0 Å². The summed E-state index contributed by atoms with van der Waals surface area (Å²) < 4.78 is 35.0.